The molecule has 0 aliphatic rings. The zero-order valence-corrected chi connectivity index (χ0v) is 15.7. The Bertz CT molecular complexity index is 1280. The Hall–Kier alpha value is -4.08. The number of halogens is 4. The molecule has 10 heteroatoms. The fraction of sp³-hybridized carbons (Fsp3) is 0.0476. The molecule has 1 heterocycles. The van der Waals surface area contributed by atoms with Gasteiger partial charge in [-0.1, -0.05) is 30.3 Å². The predicted molar refractivity (Wildman–Crippen MR) is 109 cm³/mol. The lowest BCUT2D eigenvalue weighted by Crippen LogP contribution is -2.32. The van der Waals surface area contributed by atoms with Crippen LogP contribution in [-0.2, 0) is 6.18 Å². The number of nitrogens with one attached hydrogen (secondary N) is 1. The number of aromatic amines is 1. The molecule has 0 unspecified atom stereocenters. The van der Waals surface area contributed by atoms with E-state index in [1.165, 1.54) is 12.1 Å². The number of amides is 2. The van der Waals surface area contributed by atoms with E-state index in [2.05, 4.69) is 10.2 Å². The minimum atomic E-state index is -4.92. The van der Waals surface area contributed by atoms with Gasteiger partial charge in [-0.3, -0.25) is 10.00 Å². The summed E-state index contributed by atoms with van der Waals surface area (Å²) in [5, 5.41) is 7.49. The molecule has 0 spiro atoms. The molecule has 0 saturated carbocycles. The molecule has 4 aromatic rings. The van der Waals surface area contributed by atoms with Crippen molar-refractivity contribution in [2.75, 3.05) is 10.6 Å². The molecule has 0 atom stereocenters. The normalized spacial score (nSPS) is 11.6. The van der Waals surface area contributed by atoms with Gasteiger partial charge in [-0.05, 0) is 41.5 Å². The van der Waals surface area contributed by atoms with Crippen LogP contribution >= 0.6 is 0 Å². The van der Waals surface area contributed by atoms with E-state index in [4.69, 9.17) is 11.5 Å². The largest absolute Gasteiger partial charge is 0.419 e. The van der Waals surface area contributed by atoms with Gasteiger partial charge in [-0.2, -0.15) is 18.3 Å². The molecule has 0 bridgehead atoms. The molecular weight excluding hydrogens is 414 g/mol. The summed E-state index contributed by atoms with van der Waals surface area (Å²) in [5.41, 5.74) is 11.5. The predicted octanol–water partition coefficient (Wildman–Crippen LogP) is 5.19. The third-order valence-electron chi connectivity index (χ3n) is 4.80. The number of urea groups is 1. The molecule has 158 valence electrons. The minimum Gasteiger partial charge on any atom is -0.382 e. The van der Waals surface area contributed by atoms with Crippen molar-refractivity contribution < 1.29 is 22.4 Å². The number of nitrogens with zero attached hydrogens (tertiary/aromatic N) is 2. The van der Waals surface area contributed by atoms with Crippen LogP contribution in [-0.4, -0.2) is 16.2 Å². The molecule has 0 aliphatic heterocycles. The molecule has 0 radical (unpaired) electrons. The first-order chi connectivity index (χ1) is 14.7. The highest BCUT2D eigenvalue weighted by Crippen LogP contribution is 2.38. The zero-order chi connectivity index (χ0) is 22.3. The lowest BCUT2D eigenvalue weighted by Gasteiger charge is -2.23. The number of anilines is 3. The smallest absolute Gasteiger partial charge is 0.382 e. The molecule has 4 rings (SSSR count). The summed E-state index contributed by atoms with van der Waals surface area (Å²) in [6.07, 6.45) is -4.92. The van der Waals surface area contributed by atoms with E-state index in [1.54, 1.807) is 18.2 Å². The zero-order valence-electron chi connectivity index (χ0n) is 15.7. The first kappa shape index (κ1) is 20.2. The first-order valence-corrected chi connectivity index (χ1v) is 8.96. The van der Waals surface area contributed by atoms with Gasteiger partial charge in [0.1, 0.15) is 0 Å². The van der Waals surface area contributed by atoms with Crippen molar-refractivity contribution >= 4 is 34.1 Å². The lowest BCUT2D eigenvalue weighted by atomic mass is 10.0. The average Bonchev–Trinajstić information content (AvgIpc) is 3.10. The van der Waals surface area contributed by atoms with Crippen molar-refractivity contribution in [2.45, 2.75) is 6.18 Å². The van der Waals surface area contributed by atoms with Gasteiger partial charge in [-0.25, -0.2) is 9.18 Å². The van der Waals surface area contributed by atoms with E-state index in [0.29, 0.717) is 27.7 Å². The number of nitrogens with two attached hydrogens (primary N) is 2. The Labute approximate surface area is 173 Å². The SMILES string of the molecule is NC(=O)N(c1ccc(-c2cccc3[nH]nc(N)c23)cc1)c1cccc(C(F)(F)F)c1F. The third kappa shape index (κ3) is 3.52. The Balaban J connectivity index is 1.78. The Morgan fingerprint density at radius 3 is 2.32 bits per heavy atom. The fourth-order valence-electron chi connectivity index (χ4n) is 3.42. The van der Waals surface area contributed by atoms with Crippen molar-refractivity contribution in [3.8, 4) is 11.1 Å². The number of alkyl halides is 3. The van der Waals surface area contributed by atoms with Crippen molar-refractivity contribution in [2.24, 2.45) is 5.73 Å². The Kier molecular flexibility index (Phi) is 4.77. The van der Waals surface area contributed by atoms with Gasteiger partial charge in [0.15, 0.2) is 11.6 Å². The number of hydrogen-bond donors (Lipinski definition) is 3. The van der Waals surface area contributed by atoms with Crippen LogP contribution in [0.15, 0.2) is 60.7 Å². The highest BCUT2D eigenvalue weighted by molar-refractivity contribution is 6.02. The topological polar surface area (TPSA) is 101 Å². The highest BCUT2D eigenvalue weighted by atomic mass is 19.4. The second-order valence-corrected chi connectivity index (χ2v) is 6.69. The second kappa shape index (κ2) is 7.31. The van der Waals surface area contributed by atoms with Gasteiger partial charge in [-0.15, -0.1) is 0 Å². The number of carbonyl (C=O) groups excluding carboxylic acids is 1. The summed E-state index contributed by atoms with van der Waals surface area (Å²) < 4.78 is 53.8. The van der Waals surface area contributed by atoms with E-state index in [0.717, 1.165) is 23.2 Å². The number of hydrogen-bond acceptors (Lipinski definition) is 3. The number of benzene rings is 3. The summed E-state index contributed by atoms with van der Waals surface area (Å²) in [5.74, 6) is -1.28. The van der Waals surface area contributed by atoms with Crippen LogP contribution < -0.4 is 16.4 Å². The maximum absolute atomic E-state index is 14.6. The van der Waals surface area contributed by atoms with Gasteiger partial charge < -0.3 is 11.5 Å². The van der Waals surface area contributed by atoms with E-state index in [9.17, 15) is 22.4 Å². The highest BCUT2D eigenvalue weighted by Gasteiger charge is 2.36. The molecular formula is C21H15F4N5O. The molecule has 1 aromatic heterocycles. The van der Waals surface area contributed by atoms with Crippen molar-refractivity contribution in [1.29, 1.82) is 0 Å². The number of fused-ring (bicyclic) bond motifs is 1. The quantitative estimate of drug-likeness (QED) is 0.391. The number of primary amides is 1. The summed E-state index contributed by atoms with van der Waals surface area (Å²) in [7, 11) is 0. The molecule has 0 saturated heterocycles. The maximum atomic E-state index is 14.6. The van der Waals surface area contributed by atoms with Gasteiger partial charge in [0.25, 0.3) is 0 Å². The number of aromatic nitrogens is 2. The molecule has 0 fully saturated rings. The second-order valence-electron chi connectivity index (χ2n) is 6.69. The van der Waals surface area contributed by atoms with Crippen LogP contribution in [0.3, 0.4) is 0 Å². The Morgan fingerprint density at radius 2 is 1.68 bits per heavy atom. The van der Waals surface area contributed by atoms with Crippen LogP contribution in [0.4, 0.5) is 39.5 Å². The summed E-state index contributed by atoms with van der Waals surface area (Å²) >= 11 is 0. The molecule has 31 heavy (non-hydrogen) atoms. The molecule has 2 amide bonds. The van der Waals surface area contributed by atoms with Gasteiger partial charge in [0, 0.05) is 0 Å². The van der Waals surface area contributed by atoms with Crippen LogP contribution in [0.2, 0.25) is 0 Å². The van der Waals surface area contributed by atoms with Crippen LogP contribution in [0, 0.1) is 5.82 Å². The summed E-state index contributed by atoms with van der Waals surface area (Å²) in [4.78, 5) is 12.7. The summed E-state index contributed by atoms with van der Waals surface area (Å²) in [6, 6.07) is 13.1. The molecule has 0 aliphatic carbocycles. The van der Waals surface area contributed by atoms with Gasteiger partial charge >= 0.3 is 12.2 Å². The molecule has 5 N–H and O–H groups in total. The van der Waals surface area contributed by atoms with Gasteiger partial charge in [0.2, 0.25) is 0 Å². The minimum absolute atomic E-state index is 0.0989. The number of H-pyrrole nitrogens is 1. The number of nitrogen functional groups attached to an aromatic ring is 1. The number of rotatable bonds is 3. The summed E-state index contributed by atoms with van der Waals surface area (Å²) in [6.45, 7) is 0. The van der Waals surface area contributed by atoms with Crippen molar-refractivity contribution in [3.63, 3.8) is 0 Å². The maximum Gasteiger partial charge on any atom is 0.419 e. The van der Waals surface area contributed by atoms with Crippen molar-refractivity contribution in [1.82, 2.24) is 10.2 Å². The number of carbonyl (C=O) groups is 1. The lowest BCUT2D eigenvalue weighted by molar-refractivity contribution is -0.139. The third-order valence-corrected chi connectivity index (χ3v) is 4.80. The van der Waals surface area contributed by atoms with Crippen LogP contribution in [0.5, 0.6) is 0 Å². The Morgan fingerprint density at radius 1 is 1.00 bits per heavy atom. The fourth-order valence-corrected chi connectivity index (χ4v) is 3.42. The first-order valence-electron chi connectivity index (χ1n) is 8.96. The van der Waals surface area contributed by atoms with Crippen LogP contribution in [0.1, 0.15) is 5.56 Å². The van der Waals surface area contributed by atoms with Crippen molar-refractivity contribution in [3.05, 3.63) is 72.0 Å². The van der Waals surface area contributed by atoms with E-state index in [1.807, 2.05) is 12.1 Å². The van der Waals surface area contributed by atoms with E-state index in [-0.39, 0.29) is 5.69 Å². The molecule has 6 nitrogen and oxygen atoms in total. The monoisotopic (exact) mass is 429 g/mol. The average molecular weight is 429 g/mol. The molecule has 3 aromatic carbocycles. The van der Waals surface area contributed by atoms with Gasteiger partial charge in [0.05, 0.1) is 27.8 Å². The van der Waals surface area contributed by atoms with Crippen LogP contribution in [0.25, 0.3) is 22.0 Å². The van der Waals surface area contributed by atoms with E-state index >= 15 is 0 Å². The van der Waals surface area contributed by atoms with E-state index < -0.39 is 29.3 Å². The standard InChI is InChI=1S/C21H15F4N5O/c22-18-14(21(23,24)25)4-2-6-16(18)30(20(27)31)12-9-7-11(8-10-12)13-3-1-5-15-17(13)19(26)29-28-15/h1-10H,(H2,27,31)(H3,26,28,29).